The van der Waals surface area contributed by atoms with Crippen LogP contribution < -0.4 is 28.1 Å². The van der Waals surface area contributed by atoms with E-state index in [1.54, 1.807) is 8.83 Å². The van der Waals surface area contributed by atoms with Gasteiger partial charge in [-0.05, 0) is 0 Å². The molecule has 0 aliphatic heterocycles. The van der Waals surface area contributed by atoms with E-state index < -0.39 is 23.2 Å². The first-order valence-corrected chi connectivity index (χ1v) is 13.1. The van der Waals surface area contributed by atoms with Gasteiger partial charge in [0.05, 0.1) is 0 Å². The maximum Gasteiger partial charge on any atom is -1.00 e. The molecule has 1 unspecified atom stereocenters. The van der Waals surface area contributed by atoms with Crippen molar-refractivity contribution in [2.75, 3.05) is 0 Å². The molecule has 2 aliphatic rings. The summed E-state index contributed by atoms with van der Waals surface area (Å²) >= 11 is -0.862. The van der Waals surface area contributed by atoms with Crippen LogP contribution in [0.25, 0.3) is 22.9 Å². The standard InChI is InChI=1S/C14H13N2.C13H9.2ClH.Zr/c1-10-6-12-4-3-5-14(13(12)7-10)16-8-11(2)15-9-16;1-3-7-12-10(5-1)9-11-6-2-4-8-13(11)12;;;/h3-9H,1-2H3;1-5,7-8H,9H2;2*1H;/q;;;;+2/p-2. The van der Waals surface area contributed by atoms with E-state index in [1.165, 1.54) is 39.1 Å². The summed E-state index contributed by atoms with van der Waals surface area (Å²) in [5, 5.41) is 0. The minimum atomic E-state index is -0.862. The molecule has 0 bridgehead atoms. The zero-order valence-corrected chi connectivity index (χ0v) is 21.9. The van der Waals surface area contributed by atoms with Crippen molar-refractivity contribution in [2.24, 2.45) is 0 Å². The van der Waals surface area contributed by atoms with Gasteiger partial charge in [-0.3, -0.25) is 0 Å². The molecule has 5 heteroatoms. The molecule has 0 spiro atoms. The molecule has 0 saturated carbocycles. The Morgan fingerprint density at radius 3 is 2.50 bits per heavy atom. The zero-order valence-electron chi connectivity index (χ0n) is 17.9. The number of hydrogen-bond donors (Lipinski definition) is 0. The predicted molar refractivity (Wildman–Crippen MR) is 119 cm³/mol. The second-order valence-corrected chi connectivity index (χ2v) is 11.8. The third kappa shape index (κ3) is 3.75. The van der Waals surface area contributed by atoms with Gasteiger partial charge in [0.15, 0.2) is 0 Å². The summed E-state index contributed by atoms with van der Waals surface area (Å²) in [4.78, 5) is 4.44. The van der Waals surface area contributed by atoms with Crippen molar-refractivity contribution in [3.05, 3.63) is 107 Å². The molecule has 1 heterocycles. The smallest absolute Gasteiger partial charge is 1.00 e. The van der Waals surface area contributed by atoms with Gasteiger partial charge < -0.3 is 24.8 Å². The molecular weight excluding hydrogens is 514 g/mol. The molecule has 0 saturated heterocycles. The van der Waals surface area contributed by atoms with Gasteiger partial charge in [-0.15, -0.1) is 0 Å². The number of allylic oxidation sites excluding steroid dienone is 1. The van der Waals surface area contributed by atoms with E-state index in [0.29, 0.717) is 3.63 Å². The molecule has 1 atom stereocenters. The predicted octanol–water partition coefficient (Wildman–Crippen LogP) is -0.374. The molecule has 0 N–H and O–H groups in total. The number of aryl methyl sites for hydroxylation is 1. The Hall–Kier alpha value is -1.93. The van der Waals surface area contributed by atoms with Crippen LogP contribution in [0.3, 0.4) is 0 Å². The van der Waals surface area contributed by atoms with Gasteiger partial charge in [-0.25, -0.2) is 0 Å². The van der Waals surface area contributed by atoms with Gasteiger partial charge in [0, 0.05) is 0 Å². The molecule has 3 aromatic carbocycles. The Bertz CT molecular complexity index is 1340. The summed E-state index contributed by atoms with van der Waals surface area (Å²) in [6, 6.07) is 22.7. The molecule has 4 aromatic rings. The molecule has 2 aliphatic carbocycles. The minimum absolute atomic E-state index is 0. The third-order valence-corrected chi connectivity index (χ3v) is 10.9. The molecule has 158 valence electrons. The molecule has 32 heavy (non-hydrogen) atoms. The number of imidazole rings is 1. The van der Waals surface area contributed by atoms with Crippen LogP contribution in [0.1, 0.15) is 38.5 Å². The number of hydrogen-bond acceptors (Lipinski definition) is 1. The Balaban J connectivity index is 0.00000122. The first kappa shape index (κ1) is 23.2. The molecule has 6 rings (SSSR count). The van der Waals surface area contributed by atoms with Gasteiger partial charge >= 0.3 is 190 Å². The number of aromatic nitrogens is 2. The topological polar surface area (TPSA) is 17.8 Å². The maximum atomic E-state index is 4.44. The largest absolute Gasteiger partial charge is 1.00 e. The van der Waals surface area contributed by atoms with Gasteiger partial charge in [0.1, 0.15) is 0 Å². The van der Waals surface area contributed by atoms with E-state index >= 15 is 0 Å². The zero-order chi connectivity index (χ0) is 20.2. The van der Waals surface area contributed by atoms with Crippen LogP contribution in [-0.2, 0) is 29.7 Å². The van der Waals surface area contributed by atoms with E-state index in [2.05, 4.69) is 89.4 Å². The van der Waals surface area contributed by atoms with E-state index in [1.807, 2.05) is 13.3 Å². The van der Waals surface area contributed by atoms with Crippen LogP contribution in [0, 0.1) is 6.92 Å². The van der Waals surface area contributed by atoms with Crippen molar-refractivity contribution < 1.29 is 48.0 Å². The first-order valence-electron chi connectivity index (χ1n) is 10.5. The average molecular weight is 537 g/mol. The van der Waals surface area contributed by atoms with Crippen molar-refractivity contribution in [2.45, 2.75) is 23.9 Å². The Labute approximate surface area is 213 Å². The van der Waals surface area contributed by atoms with Crippen LogP contribution in [-0.4, -0.2) is 9.55 Å². The second kappa shape index (κ2) is 9.14. The van der Waals surface area contributed by atoms with Crippen LogP contribution in [0.5, 0.6) is 0 Å². The molecule has 2 nitrogen and oxygen atoms in total. The monoisotopic (exact) mass is 534 g/mol. The normalized spacial score (nSPS) is 14.9. The minimum Gasteiger partial charge on any atom is -1.00 e. The van der Waals surface area contributed by atoms with Crippen molar-refractivity contribution in [3.63, 3.8) is 0 Å². The van der Waals surface area contributed by atoms with Gasteiger partial charge in [0.25, 0.3) is 0 Å². The van der Waals surface area contributed by atoms with E-state index in [9.17, 15) is 0 Å². The van der Waals surface area contributed by atoms with Crippen LogP contribution in [0.2, 0.25) is 0 Å². The number of halogens is 2. The van der Waals surface area contributed by atoms with E-state index in [-0.39, 0.29) is 24.8 Å². The van der Waals surface area contributed by atoms with Crippen LogP contribution in [0.4, 0.5) is 0 Å². The number of nitrogens with zero attached hydrogens (tertiary/aromatic N) is 2. The third-order valence-electron chi connectivity index (χ3n) is 6.40. The summed E-state index contributed by atoms with van der Waals surface area (Å²) in [6.07, 6.45) is 7.57. The number of fused-ring (bicyclic) bond motifs is 4. The molecular formula is C27H22Cl2N2Zr. The fourth-order valence-electron chi connectivity index (χ4n) is 4.95. The van der Waals surface area contributed by atoms with Crippen molar-refractivity contribution in [1.29, 1.82) is 0 Å². The molecule has 1 aromatic heterocycles. The summed E-state index contributed by atoms with van der Waals surface area (Å²) < 4.78 is 4.42. The van der Waals surface area contributed by atoms with E-state index in [0.717, 1.165) is 12.1 Å². The molecule has 0 fully saturated rings. The average Bonchev–Trinajstić information content (AvgIpc) is 3.44. The Kier molecular flexibility index (Phi) is 6.64. The summed E-state index contributed by atoms with van der Waals surface area (Å²) in [7, 11) is 0. The fourth-order valence-corrected chi connectivity index (χ4v) is 8.93. The van der Waals surface area contributed by atoms with Crippen LogP contribution >= 0.6 is 0 Å². The molecule has 0 amide bonds. The maximum absolute atomic E-state index is 4.44. The second-order valence-electron chi connectivity index (χ2n) is 8.33. The first-order chi connectivity index (χ1) is 14.7. The number of benzene rings is 3. The number of rotatable bonds is 3. The van der Waals surface area contributed by atoms with Crippen molar-refractivity contribution >= 4 is 9.35 Å². The van der Waals surface area contributed by atoms with Gasteiger partial charge in [0.2, 0.25) is 0 Å². The quantitative estimate of drug-likeness (QED) is 0.308. The summed E-state index contributed by atoms with van der Waals surface area (Å²) in [5.74, 6) is 0. The van der Waals surface area contributed by atoms with Gasteiger partial charge in [-0.1, -0.05) is 0 Å². The SMILES string of the molecule is CC1=Cc2c(cccc2-n2cnc(C)c2)[CH]1[Zr+2][c]1cccc2c1Cc1ccccc1-2.[Cl-].[Cl-]. The Morgan fingerprint density at radius 2 is 1.69 bits per heavy atom. The van der Waals surface area contributed by atoms with Crippen molar-refractivity contribution in [1.82, 2.24) is 9.55 Å². The molecule has 0 radical (unpaired) electrons. The van der Waals surface area contributed by atoms with E-state index in [4.69, 9.17) is 0 Å². The van der Waals surface area contributed by atoms with Crippen molar-refractivity contribution in [3.8, 4) is 16.8 Å². The summed E-state index contributed by atoms with van der Waals surface area (Å²) in [5.41, 5.74) is 12.7. The summed E-state index contributed by atoms with van der Waals surface area (Å²) in [6.45, 7) is 4.37. The fraction of sp³-hybridized carbons (Fsp3) is 0.148. The van der Waals surface area contributed by atoms with Gasteiger partial charge in [-0.2, -0.15) is 0 Å². The Morgan fingerprint density at radius 1 is 0.906 bits per heavy atom. The van der Waals surface area contributed by atoms with Crippen LogP contribution in [0.15, 0.2) is 78.8 Å².